The second kappa shape index (κ2) is 15.3. The number of aliphatic hydroxyl groups is 1. The number of nitrogens with zero attached hydrogens (tertiary/aromatic N) is 5. The molecule has 2 aromatic heterocycles. The van der Waals surface area contributed by atoms with Crippen LogP contribution < -0.4 is 0 Å². The average molecular weight is 554 g/mol. The fourth-order valence-electron chi connectivity index (χ4n) is 3.42. The van der Waals surface area contributed by atoms with E-state index in [2.05, 4.69) is 48.8 Å². The number of aliphatic hydroxyl groups excluding tert-OH is 1. The number of amides is 2. The summed E-state index contributed by atoms with van der Waals surface area (Å²) in [4.78, 5) is 47.5. The third-order valence-corrected chi connectivity index (χ3v) is 5.23. The van der Waals surface area contributed by atoms with E-state index in [1.165, 1.54) is 14.2 Å². The van der Waals surface area contributed by atoms with Crippen LogP contribution in [0.3, 0.4) is 0 Å². The predicted octanol–water partition coefficient (Wildman–Crippen LogP) is 2.83. The Kier molecular flexibility index (Phi) is 11.3. The summed E-state index contributed by atoms with van der Waals surface area (Å²) in [6, 6.07) is 17.3. The summed E-state index contributed by atoms with van der Waals surface area (Å²) in [6.07, 6.45) is 0. The first-order chi connectivity index (χ1) is 19.9. The lowest BCUT2D eigenvalue weighted by Gasteiger charge is -2.10. The highest BCUT2D eigenvalue weighted by molar-refractivity contribution is 6.20. The van der Waals surface area contributed by atoms with Crippen molar-refractivity contribution in [2.24, 2.45) is 10.3 Å². The minimum atomic E-state index is -0.487. The number of fused-ring (bicyclic) bond motifs is 1. The fraction of sp³-hybridized carbons (Fsp3) is 0.200. The van der Waals surface area contributed by atoms with Gasteiger partial charge < -0.3 is 14.8 Å². The van der Waals surface area contributed by atoms with E-state index in [4.69, 9.17) is 14.8 Å². The van der Waals surface area contributed by atoms with Crippen LogP contribution in [0.5, 0.6) is 0 Å². The van der Waals surface area contributed by atoms with Gasteiger partial charge in [-0.3, -0.25) is 9.59 Å². The highest BCUT2D eigenvalue weighted by Gasteiger charge is 2.36. The summed E-state index contributed by atoms with van der Waals surface area (Å²) < 4.78 is 0. The molecule has 0 atom stereocenters. The number of hydrogen-bond donors (Lipinski definition) is 1. The van der Waals surface area contributed by atoms with Gasteiger partial charge in [0, 0.05) is 0 Å². The first kappa shape index (κ1) is 30.2. The summed E-state index contributed by atoms with van der Waals surface area (Å²) in [6.45, 7) is 3.28. The zero-order valence-electron chi connectivity index (χ0n) is 22.9. The van der Waals surface area contributed by atoms with E-state index in [1.54, 1.807) is 62.4 Å². The van der Waals surface area contributed by atoms with Crippen molar-refractivity contribution in [3.05, 3.63) is 94.6 Å². The van der Waals surface area contributed by atoms with E-state index in [-0.39, 0.29) is 13.2 Å². The maximum absolute atomic E-state index is 12.1. The second-order valence-corrected chi connectivity index (χ2v) is 8.02. The number of hydrogen-bond acceptors (Lipinski definition) is 10. The minimum Gasteiger partial charge on any atom is -0.399 e. The molecule has 0 spiro atoms. The number of pyridine rings is 2. The number of hydroxylamine groups is 2. The molecule has 0 radical (unpaired) electrons. The number of carbonyl (C=O) groups is 2. The van der Waals surface area contributed by atoms with E-state index in [1.807, 2.05) is 12.1 Å². The van der Waals surface area contributed by atoms with E-state index < -0.39 is 11.8 Å². The Labute approximate surface area is 237 Å². The van der Waals surface area contributed by atoms with Gasteiger partial charge in [-0.1, -0.05) is 46.4 Å². The highest BCUT2D eigenvalue weighted by Crippen LogP contribution is 2.22. The normalized spacial score (nSPS) is 12.3. The van der Waals surface area contributed by atoms with Gasteiger partial charge in [0.05, 0.1) is 22.5 Å². The first-order valence-corrected chi connectivity index (χ1v) is 12.2. The third-order valence-electron chi connectivity index (χ3n) is 5.23. The van der Waals surface area contributed by atoms with Crippen molar-refractivity contribution < 1.29 is 29.2 Å². The molecule has 4 rings (SSSR count). The van der Waals surface area contributed by atoms with Gasteiger partial charge in [0.15, 0.2) is 0 Å². The van der Waals surface area contributed by atoms with Gasteiger partial charge in [-0.05, 0) is 62.1 Å². The number of benzene rings is 1. The molecule has 0 bridgehead atoms. The first-order valence-electron chi connectivity index (χ1n) is 12.2. The van der Waals surface area contributed by atoms with Crippen LogP contribution >= 0.6 is 0 Å². The Morgan fingerprint density at radius 2 is 1.27 bits per heavy atom. The monoisotopic (exact) mass is 553 g/mol. The molecule has 0 fully saturated rings. The molecule has 0 saturated carbocycles. The quantitative estimate of drug-likeness (QED) is 0.213. The standard InChI is InChI=1S/C19H15N3O4.C11H12N2O2/c1-13(21-25-2)17-11-5-7-14(20-17)8-6-12-26-22-18(23)15-9-3-4-10-16(15)19(22)24;1-9(13-15-2)11-7-3-5-10(12-11)6-4-8-14/h3-5,7,9-11H,12H2,1-2H3;3,5,7,14H,8H2,1-2H3/b21-13+;13-9+. The Morgan fingerprint density at radius 1 is 0.780 bits per heavy atom. The van der Waals surface area contributed by atoms with Crippen LogP contribution in [0.25, 0.3) is 0 Å². The van der Waals surface area contributed by atoms with Gasteiger partial charge in [0.25, 0.3) is 11.8 Å². The Hall–Kier alpha value is -5.36. The number of oxime groups is 2. The summed E-state index contributed by atoms with van der Waals surface area (Å²) in [5, 5.41) is 16.9. The van der Waals surface area contributed by atoms with Gasteiger partial charge in [-0.15, -0.1) is 5.06 Å². The molecule has 41 heavy (non-hydrogen) atoms. The van der Waals surface area contributed by atoms with Gasteiger partial charge >= 0.3 is 0 Å². The van der Waals surface area contributed by atoms with E-state index in [9.17, 15) is 9.59 Å². The Bertz CT molecular complexity index is 1560. The van der Waals surface area contributed by atoms with Crippen LogP contribution in [0.1, 0.15) is 57.3 Å². The molecule has 1 aliphatic heterocycles. The van der Waals surface area contributed by atoms with Crippen molar-refractivity contribution >= 4 is 23.2 Å². The maximum Gasteiger partial charge on any atom is 0.285 e. The lowest BCUT2D eigenvalue weighted by atomic mass is 10.1. The van der Waals surface area contributed by atoms with Gasteiger partial charge in [-0.25, -0.2) is 14.8 Å². The van der Waals surface area contributed by atoms with Crippen molar-refractivity contribution in [2.45, 2.75) is 13.8 Å². The zero-order valence-corrected chi connectivity index (χ0v) is 22.9. The van der Waals surface area contributed by atoms with E-state index in [0.29, 0.717) is 45.3 Å². The van der Waals surface area contributed by atoms with Crippen LogP contribution in [0.15, 0.2) is 71.0 Å². The highest BCUT2D eigenvalue weighted by atomic mass is 16.7. The molecule has 2 amide bonds. The molecule has 3 aromatic rings. The predicted molar refractivity (Wildman–Crippen MR) is 151 cm³/mol. The van der Waals surface area contributed by atoms with Crippen molar-refractivity contribution in [3.63, 3.8) is 0 Å². The molecule has 0 aliphatic carbocycles. The topological polar surface area (TPSA) is 136 Å². The molecule has 1 N–H and O–H groups in total. The van der Waals surface area contributed by atoms with Crippen LogP contribution in [0, 0.1) is 23.7 Å². The molecular formula is C30H27N5O6. The summed E-state index contributed by atoms with van der Waals surface area (Å²) in [7, 11) is 2.95. The van der Waals surface area contributed by atoms with E-state index in [0.717, 1.165) is 5.06 Å². The SMILES string of the molecule is CO/N=C(\C)c1cccc(C#CCO)n1.CO/N=C(\C)c1cccc(C#CCON2C(=O)c3ccccc3C2=O)n1. The lowest BCUT2D eigenvalue weighted by molar-refractivity contribution is -0.0782. The maximum atomic E-state index is 12.1. The summed E-state index contributed by atoms with van der Waals surface area (Å²) in [5.41, 5.74) is 4.43. The molecule has 1 aromatic carbocycles. The van der Waals surface area contributed by atoms with Crippen LogP contribution in [-0.2, 0) is 14.5 Å². The molecule has 11 nitrogen and oxygen atoms in total. The summed E-state index contributed by atoms with van der Waals surface area (Å²) in [5.74, 6) is 9.85. The Balaban J connectivity index is 0.000000263. The van der Waals surface area contributed by atoms with Crippen molar-refractivity contribution in [1.82, 2.24) is 15.0 Å². The molecule has 0 saturated heterocycles. The van der Waals surface area contributed by atoms with Crippen molar-refractivity contribution in [1.29, 1.82) is 0 Å². The number of aromatic nitrogens is 2. The smallest absolute Gasteiger partial charge is 0.285 e. The minimum absolute atomic E-state index is 0.123. The molecule has 1 aliphatic rings. The Morgan fingerprint density at radius 3 is 1.73 bits per heavy atom. The van der Waals surface area contributed by atoms with E-state index >= 15 is 0 Å². The second-order valence-electron chi connectivity index (χ2n) is 8.02. The molecule has 0 unspecified atom stereocenters. The molecule has 208 valence electrons. The molecule has 3 heterocycles. The average Bonchev–Trinajstić information content (AvgIpc) is 3.24. The van der Waals surface area contributed by atoms with Crippen molar-refractivity contribution in [3.8, 4) is 23.7 Å². The fourth-order valence-corrected chi connectivity index (χ4v) is 3.42. The van der Waals surface area contributed by atoms with Crippen LogP contribution in [-0.4, -0.2) is 70.8 Å². The molecular weight excluding hydrogens is 526 g/mol. The number of imide groups is 1. The zero-order chi connectivity index (χ0) is 29.6. The molecule has 11 heteroatoms. The van der Waals surface area contributed by atoms with Crippen LogP contribution in [0.2, 0.25) is 0 Å². The van der Waals surface area contributed by atoms with Crippen molar-refractivity contribution in [2.75, 3.05) is 27.4 Å². The largest absolute Gasteiger partial charge is 0.399 e. The van der Waals surface area contributed by atoms with Gasteiger partial charge in [0.2, 0.25) is 0 Å². The van der Waals surface area contributed by atoms with Crippen LogP contribution in [0.4, 0.5) is 0 Å². The third kappa shape index (κ3) is 8.31. The lowest BCUT2D eigenvalue weighted by Crippen LogP contribution is -2.30. The number of carbonyl (C=O) groups excluding carboxylic acids is 2. The van der Waals surface area contributed by atoms with Gasteiger partial charge in [-0.2, -0.15) is 0 Å². The number of rotatable bonds is 6. The summed E-state index contributed by atoms with van der Waals surface area (Å²) >= 11 is 0. The van der Waals surface area contributed by atoms with Gasteiger partial charge in [0.1, 0.15) is 50.2 Å².